The molecule has 1 aromatic heterocycles. The predicted octanol–water partition coefficient (Wildman–Crippen LogP) is 1.45. The van der Waals surface area contributed by atoms with Crippen LogP contribution >= 0.6 is 0 Å². The van der Waals surface area contributed by atoms with E-state index in [4.69, 9.17) is 0 Å². The van der Waals surface area contributed by atoms with E-state index in [0.29, 0.717) is 18.0 Å². The maximum Gasteiger partial charge on any atom is 0.246 e. The monoisotopic (exact) mass is 314 g/mol. The lowest BCUT2D eigenvalue weighted by molar-refractivity contribution is 0.246. The summed E-state index contributed by atoms with van der Waals surface area (Å²) < 4.78 is 28.9. The first-order valence-corrected chi connectivity index (χ1v) is 9.28. The van der Waals surface area contributed by atoms with E-state index >= 15 is 0 Å². The number of likely N-dealkylation sites (N-methyl/N-ethyl adjacent to an activating group) is 1. The van der Waals surface area contributed by atoms with Gasteiger partial charge in [0.25, 0.3) is 0 Å². The molecule has 7 heteroatoms. The van der Waals surface area contributed by atoms with Gasteiger partial charge in [0, 0.05) is 25.3 Å². The van der Waals surface area contributed by atoms with Crippen molar-refractivity contribution >= 4 is 10.0 Å². The van der Waals surface area contributed by atoms with E-state index < -0.39 is 10.0 Å². The van der Waals surface area contributed by atoms with Gasteiger partial charge in [0.2, 0.25) is 10.0 Å². The van der Waals surface area contributed by atoms with Crippen LogP contribution in [0.2, 0.25) is 0 Å². The SMILES string of the molecule is CCNCCn1cc(S(=O)(=O)N2CCCCC2CC)cn1. The molecule has 6 nitrogen and oxygen atoms in total. The molecule has 21 heavy (non-hydrogen) atoms. The van der Waals surface area contributed by atoms with Crippen LogP contribution < -0.4 is 5.32 Å². The summed E-state index contributed by atoms with van der Waals surface area (Å²) in [5, 5.41) is 7.37. The molecule has 0 amide bonds. The third kappa shape index (κ3) is 3.84. The summed E-state index contributed by atoms with van der Waals surface area (Å²) in [7, 11) is -3.40. The average molecular weight is 314 g/mol. The Morgan fingerprint density at radius 2 is 2.19 bits per heavy atom. The molecule has 0 radical (unpaired) electrons. The van der Waals surface area contributed by atoms with Gasteiger partial charge in [-0.2, -0.15) is 9.40 Å². The average Bonchev–Trinajstić information content (AvgIpc) is 2.97. The zero-order valence-electron chi connectivity index (χ0n) is 13.0. The minimum atomic E-state index is -3.40. The molecule has 0 bridgehead atoms. The highest BCUT2D eigenvalue weighted by Crippen LogP contribution is 2.26. The number of hydrogen-bond donors (Lipinski definition) is 1. The summed E-state index contributed by atoms with van der Waals surface area (Å²) >= 11 is 0. The van der Waals surface area contributed by atoms with Gasteiger partial charge in [0.15, 0.2) is 0 Å². The normalized spacial score (nSPS) is 20.8. The number of nitrogens with one attached hydrogen (secondary N) is 1. The first-order chi connectivity index (χ1) is 10.1. The Hall–Kier alpha value is -0.920. The van der Waals surface area contributed by atoms with Crippen molar-refractivity contribution in [1.29, 1.82) is 0 Å². The van der Waals surface area contributed by atoms with Gasteiger partial charge < -0.3 is 5.32 Å². The van der Waals surface area contributed by atoms with Crippen molar-refractivity contribution in [3.05, 3.63) is 12.4 Å². The summed E-state index contributed by atoms with van der Waals surface area (Å²) in [5.74, 6) is 0. The van der Waals surface area contributed by atoms with E-state index in [1.807, 2.05) is 6.92 Å². The van der Waals surface area contributed by atoms with Crippen LogP contribution in [0.15, 0.2) is 17.3 Å². The molecule has 0 saturated carbocycles. The summed E-state index contributed by atoms with van der Waals surface area (Å²) in [4.78, 5) is 0.319. The Kier molecular flexibility index (Phi) is 5.78. The van der Waals surface area contributed by atoms with Crippen LogP contribution in [-0.4, -0.2) is 48.2 Å². The molecule has 120 valence electrons. The highest BCUT2D eigenvalue weighted by Gasteiger charge is 2.33. The Labute approximate surface area is 127 Å². The number of piperidine rings is 1. The van der Waals surface area contributed by atoms with E-state index in [2.05, 4.69) is 17.3 Å². The smallest absolute Gasteiger partial charge is 0.246 e. The molecule has 0 aromatic carbocycles. The fraction of sp³-hybridized carbons (Fsp3) is 0.786. The molecule has 1 N–H and O–H groups in total. The van der Waals surface area contributed by atoms with Crippen LogP contribution in [0.5, 0.6) is 0 Å². The standard InChI is InChI=1S/C14H26N4O2S/c1-3-13-7-5-6-9-18(13)21(19,20)14-11-16-17(12-14)10-8-15-4-2/h11-13,15H,3-10H2,1-2H3. The maximum absolute atomic E-state index is 12.8. The van der Waals surface area contributed by atoms with Crippen LogP contribution in [0.25, 0.3) is 0 Å². The van der Waals surface area contributed by atoms with Gasteiger partial charge in [0.05, 0.1) is 12.7 Å². The fourth-order valence-corrected chi connectivity index (χ4v) is 4.53. The zero-order valence-corrected chi connectivity index (χ0v) is 13.8. The van der Waals surface area contributed by atoms with E-state index in [0.717, 1.165) is 38.8 Å². The van der Waals surface area contributed by atoms with Gasteiger partial charge in [-0.25, -0.2) is 8.42 Å². The molecular weight excluding hydrogens is 288 g/mol. The quantitative estimate of drug-likeness (QED) is 0.774. The molecule has 1 unspecified atom stereocenters. The zero-order chi connectivity index (χ0) is 15.3. The second-order valence-corrected chi connectivity index (χ2v) is 7.36. The molecular formula is C14H26N4O2S. The summed E-state index contributed by atoms with van der Waals surface area (Å²) in [6, 6.07) is 0.133. The van der Waals surface area contributed by atoms with Gasteiger partial charge in [-0.1, -0.05) is 20.3 Å². The minimum absolute atomic E-state index is 0.133. The number of nitrogens with zero attached hydrogens (tertiary/aromatic N) is 3. The van der Waals surface area contributed by atoms with Crippen molar-refractivity contribution in [3.8, 4) is 0 Å². The van der Waals surface area contributed by atoms with E-state index in [1.54, 1.807) is 15.2 Å². The molecule has 2 heterocycles. The summed E-state index contributed by atoms with van der Waals surface area (Å²) in [6.07, 6.45) is 7.02. The third-order valence-corrected chi connectivity index (χ3v) is 5.93. The molecule has 1 aliphatic rings. The molecule has 0 aliphatic carbocycles. The third-order valence-electron chi connectivity index (χ3n) is 4.03. The minimum Gasteiger partial charge on any atom is -0.315 e. The lowest BCUT2D eigenvalue weighted by Crippen LogP contribution is -2.43. The van der Waals surface area contributed by atoms with Crippen molar-refractivity contribution in [1.82, 2.24) is 19.4 Å². The van der Waals surface area contributed by atoms with Gasteiger partial charge in [-0.15, -0.1) is 0 Å². The molecule has 1 atom stereocenters. The van der Waals surface area contributed by atoms with Crippen LogP contribution in [0.4, 0.5) is 0 Å². The summed E-state index contributed by atoms with van der Waals surface area (Å²) in [6.45, 7) is 7.10. The largest absolute Gasteiger partial charge is 0.315 e. The maximum atomic E-state index is 12.8. The second-order valence-electron chi connectivity index (χ2n) is 5.47. The number of sulfonamides is 1. The number of aromatic nitrogens is 2. The van der Waals surface area contributed by atoms with Crippen molar-refractivity contribution in [2.45, 2.75) is 57.0 Å². The molecule has 1 aromatic rings. The van der Waals surface area contributed by atoms with Crippen molar-refractivity contribution in [2.24, 2.45) is 0 Å². The van der Waals surface area contributed by atoms with Crippen LogP contribution in [0, 0.1) is 0 Å². The lowest BCUT2D eigenvalue weighted by atomic mass is 10.0. The highest BCUT2D eigenvalue weighted by atomic mass is 32.2. The molecule has 1 aliphatic heterocycles. The summed E-state index contributed by atoms with van der Waals surface area (Å²) in [5.41, 5.74) is 0. The van der Waals surface area contributed by atoms with Crippen molar-refractivity contribution < 1.29 is 8.42 Å². The van der Waals surface area contributed by atoms with Crippen LogP contribution in [-0.2, 0) is 16.6 Å². The van der Waals surface area contributed by atoms with E-state index in [-0.39, 0.29) is 6.04 Å². The van der Waals surface area contributed by atoms with Gasteiger partial charge in [-0.3, -0.25) is 4.68 Å². The Bertz CT molecular complexity index is 541. The molecule has 0 spiro atoms. The van der Waals surface area contributed by atoms with Crippen molar-refractivity contribution in [3.63, 3.8) is 0 Å². The Morgan fingerprint density at radius 3 is 2.90 bits per heavy atom. The lowest BCUT2D eigenvalue weighted by Gasteiger charge is -2.33. The van der Waals surface area contributed by atoms with Gasteiger partial charge >= 0.3 is 0 Å². The number of rotatable bonds is 7. The van der Waals surface area contributed by atoms with Gasteiger partial charge in [0.1, 0.15) is 4.90 Å². The van der Waals surface area contributed by atoms with Crippen LogP contribution in [0.3, 0.4) is 0 Å². The molecule has 1 saturated heterocycles. The van der Waals surface area contributed by atoms with E-state index in [1.165, 1.54) is 6.20 Å². The predicted molar refractivity (Wildman–Crippen MR) is 82.6 cm³/mol. The van der Waals surface area contributed by atoms with E-state index in [9.17, 15) is 8.42 Å². The first kappa shape index (κ1) is 16.5. The molecule has 1 fully saturated rings. The fourth-order valence-electron chi connectivity index (χ4n) is 2.80. The highest BCUT2D eigenvalue weighted by molar-refractivity contribution is 7.89. The van der Waals surface area contributed by atoms with Gasteiger partial charge in [-0.05, 0) is 25.8 Å². The van der Waals surface area contributed by atoms with Crippen molar-refractivity contribution in [2.75, 3.05) is 19.6 Å². The molecule has 2 rings (SSSR count). The van der Waals surface area contributed by atoms with Crippen LogP contribution in [0.1, 0.15) is 39.5 Å². The Balaban J connectivity index is 2.11. The first-order valence-electron chi connectivity index (χ1n) is 7.84. The Morgan fingerprint density at radius 1 is 1.38 bits per heavy atom. The number of hydrogen-bond acceptors (Lipinski definition) is 4. The second kappa shape index (κ2) is 7.38. The topological polar surface area (TPSA) is 67.2 Å².